The topological polar surface area (TPSA) is 115 Å². The van der Waals surface area contributed by atoms with Gasteiger partial charge >= 0.3 is 5.97 Å². The van der Waals surface area contributed by atoms with Crippen molar-refractivity contribution in [3.8, 4) is 5.75 Å². The quantitative estimate of drug-likeness (QED) is 0.267. The van der Waals surface area contributed by atoms with E-state index in [2.05, 4.69) is 16.0 Å². The van der Waals surface area contributed by atoms with Crippen molar-refractivity contribution in [2.45, 2.75) is 12.8 Å². The zero-order chi connectivity index (χ0) is 23.2. The number of carbonyl (C=O) groups is 3. The van der Waals surface area contributed by atoms with Crippen LogP contribution in [0.3, 0.4) is 0 Å². The molecule has 0 spiro atoms. The zero-order valence-electron chi connectivity index (χ0n) is 17.6. The summed E-state index contributed by atoms with van der Waals surface area (Å²) in [6, 6.07) is 15.8. The molecule has 2 aromatic carbocycles. The molecule has 0 fully saturated rings. The fourth-order valence-corrected chi connectivity index (χ4v) is 2.65. The van der Waals surface area contributed by atoms with E-state index in [0.717, 1.165) is 0 Å². The summed E-state index contributed by atoms with van der Waals surface area (Å²) in [5.41, 5.74) is 1.10. The van der Waals surface area contributed by atoms with Crippen LogP contribution in [-0.4, -0.2) is 49.8 Å². The van der Waals surface area contributed by atoms with Gasteiger partial charge in [0.1, 0.15) is 12.4 Å². The highest BCUT2D eigenvalue weighted by atomic mass is 32.1. The SMILES string of the molecule is COCCOC(=O)CCC(=O)NC(=S)Nc1cccc(NC(=O)COc2ccccc2)c1. The van der Waals surface area contributed by atoms with Crippen molar-refractivity contribution in [3.05, 3.63) is 54.6 Å². The first-order chi connectivity index (χ1) is 15.5. The van der Waals surface area contributed by atoms with Crippen molar-refractivity contribution in [1.82, 2.24) is 5.32 Å². The van der Waals surface area contributed by atoms with Gasteiger partial charge in [-0.25, -0.2) is 0 Å². The van der Waals surface area contributed by atoms with E-state index in [0.29, 0.717) is 23.7 Å². The number of hydrogen-bond donors (Lipinski definition) is 3. The summed E-state index contributed by atoms with van der Waals surface area (Å²) < 4.78 is 15.1. The summed E-state index contributed by atoms with van der Waals surface area (Å²) in [5.74, 6) is -0.633. The maximum absolute atomic E-state index is 12.1. The number of nitrogens with one attached hydrogen (secondary N) is 3. The third-order valence-corrected chi connectivity index (χ3v) is 4.08. The van der Waals surface area contributed by atoms with Gasteiger partial charge in [-0.3, -0.25) is 14.4 Å². The van der Waals surface area contributed by atoms with Crippen LogP contribution < -0.4 is 20.7 Å². The number of thiocarbonyl (C=S) groups is 1. The lowest BCUT2D eigenvalue weighted by molar-refractivity contribution is -0.146. The van der Waals surface area contributed by atoms with Crippen LogP contribution in [0, 0.1) is 0 Å². The van der Waals surface area contributed by atoms with Crippen LogP contribution in [0.5, 0.6) is 5.75 Å². The maximum Gasteiger partial charge on any atom is 0.306 e. The van der Waals surface area contributed by atoms with Gasteiger partial charge in [0.25, 0.3) is 5.91 Å². The third kappa shape index (κ3) is 10.0. The summed E-state index contributed by atoms with van der Waals surface area (Å²) in [7, 11) is 1.50. The molecule has 3 N–H and O–H groups in total. The number of benzene rings is 2. The largest absolute Gasteiger partial charge is 0.484 e. The molecule has 0 saturated heterocycles. The van der Waals surface area contributed by atoms with E-state index in [1.54, 1.807) is 36.4 Å². The molecular formula is C22H25N3O6S. The van der Waals surface area contributed by atoms with Crippen LogP contribution in [0.15, 0.2) is 54.6 Å². The Morgan fingerprint density at radius 1 is 0.875 bits per heavy atom. The minimum atomic E-state index is -0.490. The maximum atomic E-state index is 12.1. The van der Waals surface area contributed by atoms with E-state index < -0.39 is 11.9 Å². The molecule has 32 heavy (non-hydrogen) atoms. The minimum Gasteiger partial charge on any atom is -0.484 e. The van der Waals surface area contributed by atoms with Gasteiger partial charge in [-0.2, -0.15) is 0 Å². The Kier molecular flexibility index (Phi) is 10.6. The Labute approximate surface area is 191 Å². The molecule has 0 heterocycles. The van der Waals surface area contributed by atoms with Gasteiger partial charge in [-0.15, -0.1) is 0 Å². The molecule has 2 aromatic rings. The van der Waals surface area contributed by atoms with Gasteiger partial charge in [-0.05, 0) is 42.5 Å². The summed E-state index contributed by atoms with van der Waals surface area (Å²) in [6.07, 6.45) is -0.129. The summed E-state index contributed by atoms with van der Waals surface area (Å²) >= 11 is 5.12. The molecule has 0 unspecified atom stereocenters. The number of esters is 1. The van der Waals surface area contributed by atoms with Gasteiger partial charge in [0.2, 0.25) is 5.91 Å². The predicted molar refractivity (Wildman–Crippen MR) is 123 cm³/mol. The van der Waals surface area contributed by atoms with Crippen LogP contribution in [-0.2, 0) is 23.9 Å². The van der Waals surface area contributed by atoms with Crippen LogP contribution in [0.1, 0.15) is 12.8 Å². The summed E-state index contributed by atoms with van der Waals surface area (Å²) in [5, 5.41) is 8.14. The van der Waals surface area contributed by atoms with Gasteiger partial charge < -0.3 is 30.2 Å². The molecule has 0 atom stereocenters. The molecule has 0 aromatic heterocycles. The average Bonchev–Trinajstić information content (AvgIpc) is 2.77. The van der Waals surface area contributed by atoms with E-state index in [4.69, 9.17) is 26.4 Å². The number of hydrogen-bond acceptors (Lipinski definition) is 7. The Balaban J connectivity index is 1.74. The lowest BCUT2D eigenvalue weighted by atomic mass is 10.2. The molecule has 170 valence electrons. The lowest BCUT2D eigenvalue weighted by Crippen LogP contribution is -2.34. The Morgan fingerprint density at radius 3 is 2.31 bits per heavy atom. The molecule has 10 heteroatoms. The molecule has 0 radical (unpaired) electrons. The molecule has 0 aliphatic rings. The van der Waals surface area contributed by atoms with Crippen molar-refractivity contribution in [2.75, 3.05) is 37.6 Å². The highest BCUT2D eigenvalue weighted by molar-refractivity contribution is 7.80. The number of carbonyl (C=O) groups excluding carboxylic acids is 3. The average molecular weight is 460 g/mol. The lowest BCUT2D eigenvalue weighted by Gasteiger charge is -2.12. The van der Waals surface area contributed by atoms with E-state index in [-0.39, 0.29) is 37.1 Å². The van der Waals surface area contributed by atoms with Gasteiger partial charge in [-0.1, -0.05) is 24.3 Å². The number of para-hydroxylation sites is 1. The van der Waals surface area contributed by atoms with E-state index >= 15 is 0 Å². The predicted octanol–water partition coefficient (Wildman–Crippen LogP) is 2.49. The fraction of sp³-hybridized carbons (Fsp3) is 0.273. The van der Waals surface area contributed by atoms with Crippen molar-refractivity contribution in [3.63, 3.8) is 0 Å². The van der Waals surface area contributed by atoms with E-state index in [9.17, 15) is 14.4 Å². The van der Waals surface area contributed by atoms with Crippen molar-refractivity contribution in [1.29, 1.82) is 0 Å². The second kappa shape index (κ2) is 13.7. The van der Waals surface area contributed by atoms with Crippen molar-refractivity contribution < 1.29 is 28.6 Å². The summed E-state index contributed by atoms with van der Waals surface area (Å²) in [6.45, 7) is 0.303. The normalized spacial score (nSPS) is 10.0. The van der Waals surface area contributed by atoms with Gasteiger partial charge in [0.05, 0.1) is 13.0 Å². The molecule has 2 amide bonds. The molecular weight excluding hydrogens is 434 g/mol. The van der Waals surface area contributed by atoms with Gasteiger partial charge in [0.15, 0.2) is 11.7 Å². The molecule has 2 rings (SSSR count). The number of methoxy groups -OCH3 is 1. The second-order valence-corrected chi connectivity index (χ2v) is 6.85. The highest BCUT2D eigenvalue weighted by Crippen LogP contribution is 2.15. The molecule has 0 aliphatic heterocycles. The van der Waals surface area contributed by atoms with Crippen LogP contribution >= 0.6 is 12.2 Å². The number of amides is 2. The number of ether oxygens (including phenoxy) is 3. The monoisotopic (exact) mass is 459 g/mol. The Bertz CT molecular complexity index is 923. The third-order valence-electron chi connectivity index (χ3n) is 3.88. The zero-order valence-corrected chi connectivity index (χ0v) is 18.4. The number of anilines is 2. The molecule has 0 aliphatic carbocycles. The number of rotatable bonds is 11. The Hall–Kier alpha value is -3.50. The van der Waals surface area contributed by atoms with Gasteiger partial charge in [0, 0.05) is 24.9 Å². The molecule has 0 bridgehead atoms. The standard InChI is InChI=1S/C22H25N3O6S/c1-29-12-13-30-21(28)11-10-19(26)25-22(32)24-17-7-5-6-16(14-17)23-20(27)15-31-18-8-3-2-4-9-18/h2-9,14H,10-13,15H2,1H3,(H,23,27)(H2,24,25,26,32). The van der Waals surface area contributed by atoms with Crippen molar-refractivity contribution >= 4 is 46.5 Å². The Morgan fingerprint density at radius 2 is 1.59 bits per heavy atom. The first kappa shape index (κ1) is 24.8. The van der Waals surface area contributed by atoms with Crippen molar-refractivity contribution in [2.24, 2.45) is 0 Å². The van der Waals surface area contributed by atoms with Crippen LogP contribution in [0.2, 0.25) is 0 Å². The van der Waals surface area contributed by atoms with E-state index in [1.165, 1.54) is 7.11 Å². The first-order valence-corrected chi connectivity index (χ1v) is 10.2. The second-order valence-electron chi connectivity index (χ2n) is 6.45. The molecule has 0 saturated carbocycles. The molecule has 9 nitrogen and oxygen atoms in total. The smallest absolute Gasteiger partial charge is 0.306 e. The fourth-order valence-electron chi connectivity index (χ4n) is 2.42. The highest BCUT2D eigenvalue weighted by Gasteiger charge is 2.10. The first-order valence-electron chi connectivity index (χ1n) is 9.79. The minimum absolute atomic E-state index is 0.0643. The van der Waals surface area contributed by atoms with Crippen LogP contribution in [0.25, 0.3) is 0 Å². The van der Waals surface area contributed by atoms with E-state index in [1.807, 2.05) is 18.2 Å². The summed E-state index contributed by atoms with van der Waals surface area (Å²) in [4.78, 5) is 35.5. The van der Waals surface area contributed by atoms with Crippen LogP contribution in [0.4, 0.5) is 11.4 Å².